The van der Waals surface area contributed by atoms with Crippen molar-refractivity contribution in [3.05, 3.63) is 30.3 Å². The van der Waals surface area contributed by atoms with Gasteiger partial charge >= 0.3 is 18.0 Å². The Labute approximate surface area is 170 Å². The van der Waals surface area contributed by atoms with Crippen molar-refractivity contribution in [2.45, 2.75) is 40.2 Å². The maximum Gasteiger partial charge on any atom is 0.329 e. The van der Waals surface area contributed by atoms with Gasteiger partial charge in [-0.2, -0.15) is 0 Å². The molecule has 0 spiro atoms. The van der Waals surface area contributed by atoms with Crippen LogP contribution in [0, 0.1) is 11.8 Å². The number of anilines is 1. The molecule has 0 saturated heterocycles. The van der Waals surface area contributed by atoms with E-state index in [1.165, 1.54) is 0 Å². The number of imide groups is 1. The number of para-hydroxylation sites is 1. The average Bonchev–Trinajstić information content (AvgIpc) is 2.64. The van der Waals surface area contributed by atoms with E-state index in [0.717, 1.165) is 6.42 Å². The number of rotatable bonds is 9. The zero-order valence-electron chi connectivity index (χ0n) is 17.3. The lowest BCUT2D eigenvalue weighted by molar-refractivity contribution is -0.151. The maximum absolute atomic E-state index is 12.3. The molecule has 9 heteroatoms. The second-order valence-corrected chi connectivity index (χ2v) is 7.28. The van der Waals surface area contributed by atoms with Crippen LogP contribution in [0.4, 0.5) is 15.3 Å². The lowest BCUT2D eigenvalue weighted by Gasteiger charge is -2.21. The van der Waals surface area contributed by atoms with Crippen LogP contribution in [0.3, 0.4) is 0 Å². The average molecular weight is 406 g/mol. The lowest BCUT2D eigenvalue weighted by atomic mass is 10.1. The highest BCUT2D eigenvalue weighted by atomic mass is 16.5. The summed E-state index contributed by atoms with van der Waals surface area (Å²) in [5, 5.41) is 9.77. The van der Waals surface area contributed by atoms with Crippen molar-refractivity contribution in [1.29, 1.82) is 0 Å². The second-order valence-electron chi connectivity index (χ2n) is 7.28. The highest BCUT2D eigenvalue weighted by Crippen LogP contribution is 2.07. The van der Waals surface area contributed by atoms with Crippen LogP contribution < -0.4 is 21.3 Å². The number of esters is 1. The minimum atomic E-state index is -0.952. The van der Waals surface area contributed by atoms with E-state index < -0.39 is 36.6 Å². The van der Waals surface area contributed by atoms with E-state index in [4.69, 9.17) is 4.74 Å². The van der Waals surface area contributed by atoms with Crippen LogP contribution in [0.2, 0.25) is 0 Å². The summed E-state index contributed by atoms with van der Waals surface area (Å²) in [6, 6.07) is 6.59. The summed E-state index contributed by atoms with van der Waals surface area (Å²) in [5.41, 5.74) is 0.573. The summed E-state index contributed by atoms with van der Waals surface area (Å²) in [6.45, 7) is 7.31. The van der Waals surface area contributed by atoms with Gasteiger partial charge in [0.1, 0.15) is 6.04 Å². The summed E-state index contributed by atoms with van der Waals surface area (Å²) in [7, 11) is 0. The largest absolute Gasteiger partial charge is 0.454 e. The SMILES string of the molecule is CC(C)CCNC(=O)NC(=O)COC(=O)[C@H](NC(=O)Nc1ccccc1)C(C)C. The number of hydrogen-bond donors (Lipinski definition) is 4. The molecule has 0 saturated carbocycles. The molecule has 1 atom stereocenters. The van der Waals surface area contributed by atoms with Crippen molar-refractivity contribution >= 4 is 29.6 Å². The van der Waals surface area contributed by atoms with Crippen LogP contribution in [-0.4, -0.2) is 43.1 Å². The van der Waals surface area contributed by atoms with Crippen LogP contribution in [0.25, 0.3) is 0 Å². The van der Waals surface area contributed by atoms with Crippen LogP contribution in [0.15, 0.2) is 30.3 Å². The minimum Gasteiger partial charge on any atom is -0.454 e. The summed E-state index contributed by atoms with van der Waals surface area (Å²) < 4.78 is 4.95. The van der Waals surface area contributed by atoms with E-state index in [2.05, 4.69) is 21.3 Å². The molecule has 0 fully saturated rings. The fourth-order valence-electron chi connectivity index (χ4n) is 2.24. The molecule has 0 aliphatic carbocycles. The molecule has 29 heavy (non-hydrogen) atoms. The van der Waals surface area contributed by atoms with Gasteiger partial charge in [0.2, 0.25) is 0 Å². The number of carbonyl (C=O) groups excluding carboxylic acids is 4. The van der Waals surface area contributed by atoms with Crippen LogP contribution in [0.1, 0.15) is 34.1 Å². The third-order valence-electron chi connectivity index (χ3n) is 3.84. The molecule has 0 unspecified atom stereocenters. The summed E-state index contributed by atoms with van der Waals surface area (Å²) in [4.78, 5) is 47.7. The van der Waals surface area contributed by atoms with E-state index >= 15 is 0 Å². The number of nitrogens with one attached hydrogen (secondary N) is 4. The standard InChI is InChI=1S/C20H30N4O5/c1-13(2)10-11-21-19(27)23-16(25)12-29-18(26)17(14(3)4)24-20(28)22-15-8-6-5-7-9-15/h5-9,13-14,17H,10-12H2,1-4H3,(H2,22,24,28)(H2,21,23,25,27)/t17-/m1/s1. The molecule has 0 aromatic heterocycles. The fraction of sp³-hybridized carbons (Fsp3) is 0.500. The van der Waals surface area contributed by atoms with E-state index in [0.29, 0.717) is 18.2 Å². The number of urea groups is 2. The van der Waals surface area contributed by atoms with Gasteiger partial charge in [0.15, 0.2) is 6.61 Å². The first kappa shape index (κ1) is 23.9. The first-order valence-corrected chi connectivity index (χ1v) is 9.56. The molecule has 0 aliphatic rings. The van der Waals surface area contributed by atoms with Crippen molar-refractivity contribution in [3.8, 4) is 0 Å². The number of carbonyl (C=O) groups is 4. The summed E-state index contributed by atoms with van der Waals surface area (Å²) in [6.07, 6.45) is 0.781. The highest BCUT2D eigenvalue weighted by molar-refractivity contribution is 5.96. The molecule has 0 radical (unpaired) electrons. The van der Waals surface area contributed by atoms with Gasteiger partial charge in [0.25, 0.3) is 5.91 Å². The summed E-state index contributed by atoms with van der Waals surface area (Å²) in [5.74, 6) is -1.37. The Morgan fingerprint density at radius 1 is 0.966 bits per heavy atom. The number of ether oxygens (including phenoxy) is 1. The third-order valence-corrected chi connectivity index (χ3v) is 3.84. The first-order valence-electron chi connectivity index (χ1n) is 9.56. The Hall–Kier alpha value is -3.10. The molecule has 4 N–H and O–H groups in total. The highest BCUT2D eigenvalue weighted by Gasteiger charge is 2.26. The molecular formula is C20H30N4O5. The first-order chi connectivity index (χ1) is 13.7. The summed E-state index contributed by atoms with van der Waals surface area (Å²) >= 11 is 0. The van der Waals surface area contributed by atoms with Gasteiger partial charge in [-0.1, -0.05) is 45.9 Å². The van der Waals surface area contributed by atoms with E-state index in [9.17, 15) is 19.2 Å². The molecule has 160 valence electrons. The van der Waals surface area contributed by atoms with E-state index in [-0.39, 0.29) is 5.92 Å². The molecule has 9 nitrogen and oxygen atoms in total. The monoisotopic (exact) mass is 406 g/mol. The van der Waals surface area contributed by atoms with Gasteiger partial charge in [-0.3, -0.25) is 10.1 Å². The fourth-order valence-corrected chi connectivity index (χ4v) is 2.24. The second kappa shape index (κ2) is 12.4. The zero-order chi connectivity index (χ0) is 21.8. The van der Waals surface area contributed by atoms with Crippen LogP contribution >= 0.6 is 0 Å². The molecule has 0 bridgehead atoms. The molecule has 1 aromatic carbocycles. The quantitative estimate of drug-likeness (QED) is 0.468. The minimum absolute atomic E-state index is 0.272. The van der Waals surface area contributed by atoms with Gasteiger partial charge in [-0.05, 0) is 30.4 Å². The lowest BCUT2D eigenvalue weighted by Crippen LogP contribution is -2.48. The normalized spacial score (nSPS) is 11.5. The number of amides is 5. The molecule has 1 rings (SSSR count). The smallest absolute Gasteiger partial charge is 0.329 e. The van der Waals surface area contributed by atoms with Gasteiger partial charge < -0.3 is 20.7 Å². The molecule has 1 aromatic rings. The predicted molar refractivity (Wildman–Crippen MR) is 109 cm³/mol. The van der Waals surface area contributed by atoms with Crippen LogP contribution in [0.5, 0.6) is 0 Å². The van der Waals surface area contributed by atoms with Gasteiger partial charge in [0, 0.05) is 12.2 Å². The third kappa shape index (κ3) is 10.1. The molecule has 5 amide bonds. The number of benzene rings is 1. The molecule has 0 heterocycles. The van der Waals surface area contributed by atoms with E-state index in [1.54, 1.807) is 38.1 Å². The topological polar surface area (TPSA) is 126 Å². The van der Waals surface area contributed by atoms with Crippen molar-refractivity contribution in [2.75, 3.05) is 18.5 Å². The maximum atomic E-state index is 12.3. The molecule has 0 aliphatic heterocycles. The Morgan fingerprint density at radius 3 is 2.21 bits per heavy atom. The van der Waals surface area contributed by atoms with Crippen LogP contribution in [-0.2, 0) is 14.3 Å². The Kier molecular flexibility index (Phi) is 10.2. The Bertz CT molecular complexity index is 691. The zero-order valence-corrected chi connectivity index (χ0v) is 17.3. The van der Waals surface area contributed by atoms with Gasteiger partial charge in [-0.15, -0.1) is 0 Å². The predicted octanol–water partition coefficient (Wildman–Crippen LogP) is 2.25. The Morgan fingerprint density at radius 2 is 1.62 bits per heavy atom. The Balaban J connectivity index is 2.44. The number of hydrogen-bond acceptors (Lipinski definition) is 5. The van der Waals surface area contributed by atoms with E-state index in [1.807, 2.05) is 19.9 Å². The molecular weight excluding hydrogens is 376 g/mol. The van der Waals surface area contributed by atoms with Crippen molar-refractivity contribution < 1.29 is 23.9 Å². The van der Waals surface area contributed by atoms with Gasteiger partial charge in [0.05, 0.1) is 0 Å². The van der Waals surface area contributed by atoms with Gasteiger partial charge in [-0.25, -0.2) is 14.4 Å². The van der Waals surface area contributed by atoms with Crippen molar-refractivity contribution in [3.63, 3.8) is 0 Å². The van der Waals surface area contributed by atoms with Crippen molar-refractivity contribution in [2.24, 2.45) is 11.8 Å². The van der Waals surface area contributed by atoms with Crippen molar-refractivity contribution in [1.82, 2.24) is 16.0 Å².